The highest BCUT2D eigenvalue weighted by Crippen LogP contribution is 2.18. The van der Waals surface area contributed by atoms with E-state index in [0.29, 0.717) is 21.3 Å². The summed E-state index contributed by atoms with van der Waals surface area (Å²) in [7, 11) is 0. The number of hydrogen-bond donors (Lipinski definition) is 2. The van der Waals surface area contributed by atoms with Crippen LogP contribution in [0.25, 0.3) is 0 Å². The number of nitrogens with one attached hydrogen (secondary N) is 1. The molecule has 102 valence electrons. The van der Waals surface area contributed by atoms with Crippen LogP contribution in [0.4, 0.5) is 5.69 Å². The molecule has 2 N–H and O–H groups in total. The number of hydrazone groups is 1. The van der Waals surface area contributed by atoms with Crippen LogP contribution < -0.4 is 5.43 Å². The number of benzene rings is 2. The van der Waals surface area contributed by atoms with E-state index in [1.807, 2.05) is 0 Å². The molecule has 0 saturated heterocycles. The Morgan fingerprint density at radius 2 is 1.80 bits per heavy atom. The zero-order valence-corrected chi connectivity index (χ0v) is 11.7. The van der Waals surface area contributed by atoms with E-state index in [1.54, 1.807) is 36.4 Å². The summed E-state index contributed by atoms with van der Waals surface area (Å²) in [6, 6.07) is 11.5. The number of carboxylic acids is 1. The fourth-order valence-corrected chi connectivity index (χ4v) is 2.14. The van der Waals surface area contributed by atoms with Gasteiger partial charge in [0.2, 0.25) is 0 Å². The zero-order valence-electron chi connectivity index (χ0n) is 10.2. The maximum absolute atomic E-state index is 11.0. The lowest BCUT2D eigenvalue weighted by Crippen LogP contribution is -2.02. The highest BCUT2D eigenvalue weighted by molar-refractivity contribution is 6.35. The summed E-state index contributed by atoms with van der Waals surface area (Å²) < 4.78 is 0. The van der Waals surface area contributed by atoms with Crippen LogP contribution in [0, 0.1) is 0 Å². The molecule has 0 atom stereocenters. The summed E-state index contributed by atoms with van der Waals surface area (Å²) in [4.78, 5) is 11.0. The molecule has 0 amide bonds. The predicted octanol–water partition coefficient (Wildman–Crippen LogP) is 4.14. The monoisotopic (exact) mass is 308 g/mol. The van der Waals surface area contributed by atoms with Gasteiger partial charge in [-0.2, -0.15) is 5.10 Å². The number of carbonyl (C=O) groups is 1. The Kier molecular flexibility index (Phi) is 4.61. The Hall–Kier alpha value is -2.04. The second-order valence-electron chi connectivity index (χ2n) is 3.92. The minimum atomic E-state index is -1.02. The van der Waals surface area contributed by atoms with Gasteiger partial charge in [0.15, 0.2) is 0 Å². The standard InChI is InChI=1S/C14H10Cl2N2O2/c15-10-5-9(6-11(16)7-10)8-17-18-13-4-2-1-3-12(13)14(19)20/h1-8,18H,(H,19,20)/b17-8+. The van der Waals surface area contributed by atoms with Crippen molar-refractivity contribution in [2.45, 2.75) is 0 Å². The van der Waals surface area contributed by atoms with E-state index in [1.165, 1.54) is 12.3 Å². The van der Waals surface area contributed by atoms with Gasteiger partial charge in [-0.05, 0) is 35.9 Å². The first-order chi connectivity index (χ1) is 9.56. The topological polar surface area (TPSA) is 61.7 Å². The number of anilines is 1. The Bertz CT molecular complexity index is 652. The Labute approximate surface area is 125 Å². The van der Waals surface area contributed by atoms with Gasteiger partial charge >= 0.3 is 5.97 Å². The quantitative estimate of drug-likeness (QED) is 0.659. The molecule has 0 radical (unpaired) electrons. The van der Waals surface area contributed by atoms with E-state index in [4.69, 9.17) is 28.3 Å². The van der Waals surface area contributed by atoms with Crippen molar-refractivity contribution in [2.75, 3.05) is 5.43 Å². The number of para-hydroxylation sites is 1. The minimum absolute atomic E-state index is 0.147. The molecule has 0 heterocycles. The first kappa shape index (κ1) is 14.4. The van der Waals surface area contributed by atoms with Crippen molar-refractivity contribution in [3.63, 3.8) is 0 Å². The number of halogens is 2. The van der Waals surface area contributed by atoms with Crippen molar-refractivity contribution < 1.29 is 9.90 Å². The maximum atomic E-state index is 11.0. The molecular weight excluding hydrogens is 299 g/mol. The lowest BCUT2D eigenvalue weighted by atomic mass is 10.2. The first-order valence-electron chi connectivity index (χ1n) is 5.64. The van der Waals surface area contributed by atoms with Gasteiger partial charge in [0.1, 0.15) is 0 Å². The van der Waals surface area contributed by atoms with E-state index in [0.717, 1.165) is 0 Å². The summed E-state index contributed by atoms with van der Waals surface area (Å²) in [5.74, 6) is -1.02. The highest BCUT2D eigenvalue weighted by atomic mass is 35.5. The van der Waals surface area contributed by atoms with Gasteiger partial charge in [-0.3, -0.25) is 5.43 Å². The van der Waals surface area contributed by atoms with E-state index in [2.05, 4.69) is 10.5 Å². The second-order valence-corrected chi connectivity index (χ2v) is 4.80. The Balaban J connectivity index is 2.16. The average Bonchev–Trinajstić information content (AvgIpc) is 2.38. The SMILES string of the molecule is O=C(O)c1ccccc1N/N=C/c1cc(Cl)cc(Cl)c1. The average molecular weight is 309 g/mol. The van der Waals surface area contributed by atoms with Crippen LogP contribution in [0.1, 0.15) is 15.9 Å². The van der Waals surface area contributed by atoms with Crippen LogP contribution in [0.15, 0.2) is 47.6 Å². The van der Waals surface area contributed by atoms with Crippen LogP contribution in [0.2, 0.25) is 10.0 Å². The number of nitrogens with zero attached hydrogens (tertiary/aromatic N) is 1. The lowest BCUT2D eigenvalue weighted by molar-refractivity contribution is 0.0698. The largest absolute Gasteiger partial charge is 0.478 e. The third-order valence-electron chi connectivity index (χ3n) is 2.44. The molecule has 0 unspecified atom stereocenters. The molecular formula is C14H10Cl2N2O2. The molecule has 0 aromatic heterocycles. The smallest absolute Gasteiger partial charge is 0.337 e. The molecule has 0 spiro atoms. The summed E-state index contributed by atoms with van der Waals surface area (Å²) in [6.45, 7) is 0. The highest BCUT2D eigenvalue weighted by Gasteiger charge is 2.07. The van der Waals surface area contributed by atoms with Crippen LogP contribution in [0.5, 0.6) is 0 Å². The predicted molar refractivity (Wildman–Crippen MR) is 81.1 cm³/mol. The van der Waals surface area contributed by atoms with Crippen molar-refractivity contribution in [3.8, 4) is 0 Å². The Morgan fingerprint density at radius 1 is 1.15 bits per heavy atom. The molecule has 0 aliphatic carbocycles. The van der Waals surface area contributed by atoms with Gasteiger partial charge in [0.05, 0.1) is 17.5 Å². The molecule has 2 rings (SSSR count). The summed E-state index contributed by atoms with van der Waals surface area (Å²) >= 11 is 11.7. The molecule has 0 saturated carbocycles. The van der Waals surface area contributed by atoms with Crippen LogP contribution in [0.3, 0.4) is 0 Å². The van der Waals surface area contributed by atoms with Crippen molar-refractivity contribution in [2.24, 2.45) is 5.10 Å². The van der Waals surface area contributed by atoms with Crippen molar-refractivity contribution in [1.29, 1.82) is 0 Å². The zero-order chi connectivity index (χ0) is 14.5. The molecule has 2 aromatic carbocycles. The Morgan fingerprint density at radius 3 is 2.45 bits per heavy atom. The van der Waals surface area contributed by atoms with Gasteiger partial charge in [-0.1, -0.05) is 35.3 Å². The van der Waals surface area contributed by atoms with E-state index in [9.17, 15) is 4.79 Å². The van der Waals surface area contributed by atoms with E-state index >= 15 is 0 Å². The molecule has 2 aromatic rings. The second kappa shape index (κ2) is 6.41. The van der Waals surface area contributed by atoms with Crippen molar-refractivity contribution in [1.82, 2.24) is 0 Å². The summed E-state index contributed by atoms with van der Waals surface area (Å²) in [6.07, 6.45) is 1.51. The molecule has 6 heteroatoms. The summed E-state index contributed by atoms with van der Waals surface area (Å²) in [5.41, 5.74) is 3.95. The van der Waals surface area contributed by atoms with Gasteiger partial charge in [-0.25, -0.2) is 4.79 Å². The minimum Gasteiger partial charge on any atom is -0.478 e. The van der Waals surface area contributed by atoms with Crippen LogP contribution in [-0.4, -0.2) is 17.3 Å². The number of rotatable bonds is 4. The van der Waals surface area contributed by atoms with Gasteiger partial charge in [0, 0.05) is 10.0 Å². The van der Waals surface area contributed by atoms with Crippen LogP contribution >= 0.6 is 23.2 Å². The fraction of sp³-hybridized carbons (Fsp3) is 0. The van der Waals surface area contributed by atoms with E-state index < -0.39 is 5.97 Å². The molecule has 0 fully saturated rings. The van der Waals surface area contributed by atoms with Crippen LogP contribution in [-0.2, 0) is 0 Å². The lowest BCUT2D eigenvalue weighted by Gasteiger charge is -2.04. The third kappa shape index (κ3) is 3.73. The number of carboxylic acid groups (broad SMARTS) is 1. The third-order valence-corrected chi connectivity index (χ3v) is 2.88. The molecule has 0 aliphatic heterocycles. The molecule has 0 bridgehead atoms. The normalized spacial score (nSPS) is 10.7. The number of hydrogen-bond acceptors (Lipinski definition) is 3. The molecule has 4 nitrogen and oxygen atoms in total. The fourth-order valence-electron chi connectivity index (χ4n) is 1.59. The first-order valence-corrected chi connectivity index (χ1v) is 6.39. The van der Waals surface area contributed by atoms with Gasteiger partial charge in [0.25, 0.3) is 0 Å². The van der Waals surface area contributed by atoms with E-state index in [-0.39, 0.29) is 5.56 Å². The molecule has 0 aliphatic rings. The van der Waals surface area contributed by atoms with Crippen molar-refractivity contribution in [3.05, 3.63) is 63.6 Å². The van der Waals surface area contributed by atoms with Gasteiger partial charge in [-0.15, -0.1) is 0 Å². The summed E-state index contributed by atoms with van der Waals surface area (Å²) in [5, 5.41) is 14.0. The maximum Gasteiger partial charge on any atom is 0.337 e. The van der Waals surface area contributed by atoms with Crippen molar-refractivity contribution >= 4 is 41.1 Å². The van der Waals surface area contributed by atoms with Gasteiger partial charge < -0.3 is 5.11 Å². The number of aromatic carboxylic acids is 1. The molecule has 20 heavy (non-hydrogen) atoms.